The lowest BCUT2D eigenvalue weighted by Gasteiger charge is -2.16. The summed E-state index contributed by atoms with van der Waals surface area (Å²) in [5.74, 6) is 1.58. The number of nitrogen functional groups attached to an aromatic ring is 1. The molecule has 0 fully saturated rings. The van der Waals surface area contributed by atoms with Crippen molar-refractivity contribution in [3.05, 3.63) is 55.0 Å². The quantitative estimate of drug-likeness (QED) is 0.420. The fraction of sp³-hybridized carbons (Fsp3) is 0.227. The Bertz CT molecular complexity index is 1190. The van der Waals surface area contributed by atoms with E-state index in [0.29, 0.717) is 35.4 Å². The number of hydrogen-bond acceptors (Lipinski definition) is 8. The summed E-state index contributed by atoms with van der Waals surface area (Å²) in [6, 6.07) is 11.3. The number of aromatic nitrogens is 4. The normalized spacial score (nSPS) is 11.1. The summed E-state index contributed by atoms with van der Waals surface area (Å²) in [5.41, 5.74) is 9.99. The van der Waals surface area contributed by atoms with Crippen molar-refractivity contribution in [2.45, 2.75) is 0 Å². The Labute approximate surface area is 180 Å². The second-order valence-corrected chi connectivity index (χ2v) is 7.22. The fourth-order valence-corrected chi connectivity index (χ4v) is 3.13. The van der Waals surface area contributed by atoms with E-state index in [-0.39, 0.29) is 0 Å². The van der Waals surface area contributed by atoms with Gasteiger partial charge in [0.2, 0.25) is 5.95 Å². The molecule has 3 N–H and O–H groups in total. The SMILES string of the molecule is COc1cc(OCCN(C)C)c(N)cc1Nc1nccc(-c2cnn3ccccc23)n1. The van der Waals surface area contributed by atoms with Crippen LogP contribution in [0.25, 0.3) is 16.8 Å². The molecular formula is C22H25N7O2. The van der Waals surface area contributed by atoms with E-state index in [1.807, 2.05) is 54.0 Å². The van der Waals surface area contributed by atoms with Crippen LogP contribution in [0.3, 0.4) is 0 Å². The Morgan fingerprint density at radius 2 is 2.03 bits per heavy atom. The van der Waals surface area contributed by atoms with Crippen LogP contribution in [-0.4, -0.2) is 58.8 Å². The molecule has 0 aliphatic heterocycles. The van der Waals surface area contributed by atoms with Crippen LogP contribution in [0.15, 0.2) is 55.0 Å². The summed E-state index contributed by atoms with van der Waals surface area (Å²) in [5, 5.41) is 7.57. The first-order valence-electron chi connectivity index (χ1n) is 9.83. The number of rotatable bonds is 8. The zero-order valence-electron chi connectivity index (χ0n) is 17.7. The van der Waals surface area contributed by atoms with Gasteiger partial charge in [0.05, 0.1) is 35.9 Å². The summed E-state index contributed by atoms with van der Waals surface area (Å²) in [6.07, 6.45) is 5.39. The Kier molecular flexibility index (Phi) is 5.85. The third kappa shape index (κ3) is 4.51. The number of nitrogens with zero attached hydrogens (tertiary/aromatic N) is 5. The van der Waals surface area contributed by atoms with Crippen LogP contribution < -0.4 is 20.5 Å². The van der Waals surface area contributed by atoms with Crippen LogP contribution in [-0.2, 0) is 0 Å². The average Bonchev–Trinajstić information content (AvgIpc) is 3.19. The predicted molar refractivity (Wildman–Crippen MR) is 121 cm³/mol. The molecule has 0 saturated heterocycles. The largest absolute Gasteiger partial charge is 0.494 e. The van der Waals surface area contributed by atoms with Gasteiger partial charge in [-0.25, -0.2) is 14.5 Å². The number of methoxy groups -OCH3 is 1. The summed E-state index contributed by atoms with van der Waals surface area (Å²) in [7, 11) is 5.57. The van der Waals surface area contributed by atoms with Gasteiger partial charge in [0.1, 0.15) is 18.1 Å². The predicted octanol–water partition coefficient (Wildman–Crippen LogP) is 3.07. The van der Waals surface area contributed by atoms with Gasteiger partial charge in [-0.1, -0.05) is 6.07 Å². The Hall–Kier alpha value is -3.85. The van der Waals surface area contributed by atoms with Gasteiger partial charge in [-0.3, -0.25) is 0 Å². The molecular weight excluding hydrogens is 394 g/mol. The van der Waals surface area contributed by atoms with Crippen molar-refractivity contribution in [2.75, 3.05) is 45.4 Å². The highest BCUT2D eigenvalue weighted by atomic mass is 16.5. The molecule has 0 unspecified atom stereocenters. The molecule has 1 aromatic carbocycles. The molecule has 3 heterocycles. The van der Waals surface area contributed by atoms with Crippen molar-refractivity contribution < 1.29 is 9.47 Å². The minimum atomic E-state index is 0.423. The third-order valence-electron chi connectivity index (χ3n) is 4.73. The maximum absolute atomic E-state index is 6.20. The van der Waals surface area contributed by atoms with Gasteiger partial charge < -0.3 is 25.4 Å². The molecule has 0 aliphatic carbocycles. The lowest BCUT2D eigenvalue weighted by Crippen LogP contribution is -2.19. The number of nitrogens with two attached hydrogens (primary N) is 1. The minimum Gasteiger partial charge on any atom is -0.494 e. The van der Waals surface area contributed by atoms with Crippen LogP contribution in [0, 0.1) is 0 Å². The molecule has 0 aliphatic rings. The number of ether oxygens (including phenoxy) is 2. The molecule has 0 atom stereocenters. The van der Waals surface area contributed by atoms with Crippen LogP contribution in [0.2, 0.25) is 0 Å². The Morgan fingerprint density at radius 3 is 2.84 bits per heavy atom. The van der Waals surface area contributed by atoms with Gasteiger partial charge in [-0.05, 0) is 38.4 Å². The van der Waals surface area contributed by atoms with E-state index >= 15 is 0 Å². The van der Waals surface area contributed by atoms with Gasteiger partial charge >= 0.3 is 0 Å². The molecule has 4 aromatic rings. The molecule has 9 heteroatoms. The van der Waals surface area contributed by atoms with Crippen molar-refractivity contribution in [1.82, 2.24) is 24.5 Å². The van der Waals surface area contributed by atoms with E-state index in [2.05, 4.69) is 20.4 Å². The van der Waals surface area contributed by atoms with E-state index in [0.717, 1.165) is 23.3 Å². The van der Waals surface area contributed by atoms with Gasteiger partial charge in [0.15, 0.2) is 0 Å². The van der Waals surface area contributed by atoms with Gasteiger partial charge in [0.25, 0.3) is 0 Å². The zero-order valence-corrected chi connectivity index (χ0v) is 17.7. The first-order valence-corrected chi connectivity index (χ1v) is 9.83. The first-order chi connectivity index (χ1) is 15.0. The zero-order chi connectivity index (χ0) is 21.8. The summed E-state index contributed by atoms with van der Waals surface area (Å²) in [6.45, 7) is 1.31. The number of nitrogens with one attached hydrogen (secondary N) is 1. The number of hydrogen-bond donors (Lipinski definition) is 2. The van der Waals surface area contributed by atoms with E-state index in [9.17, 15) is 0 Å². The molecule has 31 heavy (non-hydrogen) atoms. The molecule has 0 saturated carbocycles. The number of anilines is 3. The van der Waals surface area contributed by atoms with Crippen LogP contribution in [0.4, 0.5) is 17.3 Å². The molecule has 0 amide bonds. The average molecular weight is 419 g/mol. The second-order valence-electron chi connectivity index (χ2n) is 7.22. The van der Waals surface area contributed by atoms with Gasteiger partial charge in [-0.2, -0.15) is 5.10 Å². The molecule has 160 valence electrons. The van der Waals surface area contributed by atoms with Gasteiger partial charge in [-0.15, -0.1) is 0 Å². The van der Waals surface area contributed by atoms with Crippen molar-refractivity contribution in [2.24, 2.45) is 0 Å². The summed E-state index contributed by atoms with van der Waals surface area (Å²) in [4.78, 5) is 11.0. The fourth-order valence-electron chi connectivity index (χ4n) is 3.13. The Morgan fingerprint density at radius 1 is 1.16 bits per heavy atom. The number of pyridine rings is 1. The topological polar surface area (TPSA) is 103 Å². The van der Waals surface area contributed by atoms with Gasteiger partial charge in [0, 0.05) is 30.6 Å². The molecule has 4 rings (SSSR count). The van der Waals surface area contributed by atoms with E-state index in [1.54, 1.807) is 31.6 Å². The van der Waals surface area contributed by atoms with Crippen LogP contribution in [0.1, 0.15) is 0 Å². The van der Waals surface area contributed by atoms with Crippen LogP contribution in [0.5, 0.6) is 11.5 Å². The van der Waals surface area contributed by atoms with Crippen molar-refractivity contribution in [3.8, 4) is 22.8 Å². The molecule has 3 aromatic heterocycles. The highest BCUT2D eigenvalue weighted by molar-refractivity contribution is 5.78. The molecule has 0 bridgehead atoms. The highest BCUT2D eigenvalue weighted by Crippen LogP contribution is 2.36. The van der Waals surface area contributed by atoms with E-state index in [1.165, 1.54) is 0 Å². The van der Waals surface area contributed by atoms with E-state index in [4.69, 9.17) is 15.2 Å². The molecule has 0 radical (unpaired) electrons. The maximum atomic E-state index is 6.20. The van der Waals surface area contributed by atoms with E-state index < -0.39 is 0 Å². The summed E-state index contributed by atoms with van der Waals surface area (Å²) < 4.78 is 13.1. The summed E-state index contributed by atoms with van der Waals surface area (Å²) >= 11 is 0. The standard InChI is InChI=1S/C22H25N7O2/c1-28(2)10-11-31-20-13-21(30-3)18(12-16(20)23)27-22-24-8-7-17(26-22)15-14-25-29-9-5-4-6-19(15)29/h4-9,12-14H,10-11,23H2,1-3H3,(H,24,26,27). The number of benzene rings is 1. The Balaban J connectivity index is 1.59. The number of likely N-dealkylation sites (N-methyl/N-ethyl adjacent to an activating group) is 1. The lowest BCUT2D eigenvalue weighted by atomic mass is 10.2. The maximum Gasteiger partial charge on any atom is 0.227 e. The minimum absolute atomic E-state index is 0.423. The molecule has 9 nitrogen and oxygen atoms in total. The van der Waals surface area contributed by atoms with Crippen molar-refractivity contribution in [1.29, 1.82) is 0 Å². The highest BCUT2D eigenvalue weighted by Gasteiger charge is 2.13. The first kappa shape index (κ1) is 20.4. The number of fused-ring (bicyclic) bond motifs is 1. The second kappa shape index (κ2) is 8.88. The van der Waals surface area contributed by atoms with Crippen LogP contribution >= 0.6 is 0 Å². The van der Waals surface area contributed by atoms with Crippen molar-refractivity contribution >= 4 is 22.8 Å². The van der Waals surface area contributed by atoms with Crippen molar-refractivity contribution in [3.63, 3.8) is 0 Å². The third-order valence-corrected chi connectivity index (χ3v) is 4.73. The smallest absolute Gasteiger partial charge is 0.227 e. The lowest BCUT2D eigenvalue weighted by molar-refractivity contribution is 0.261. The monoisotopic (exact) mass is 419 g/mol. The molecule has 0 spiro atoms.